The minimum Gasteiger partial charge on any atom is -0.338 e. The number of amides is 2. The number of anilines is 1. The van der Waals surface area contributed by atoms with Gasteiger partial charge in [0.15, 0.2) is 0 Å². The molecule has 0 aliphatic carbocycles. The van der Waals surface area contributed by atoms with E-state index >= 15 is 0 Å². The molecule has 0 aliphatic heterocycles. The van der Waals surface area contributed by atoms with E-state index in [0.717, 1.165) is 18.4 Å². The molecule has 102 valence electrons. The van der Waals surface area contributed by atoms with Crippen LogP contribution in [-0.4, -0.2) is 19.1 Å². The number of benzene rings is 1. The van der Waals surface area contributed by atoms with E-state index in [0.29, 0.717) is 23.8 Å². The summed E-state index contributed by atoms with van der Waals surface area (Å²) in [5, 5.41) is 5.94. The minimum absolute atomic E-state index is 0.265. The van der Waals surface area contributed by atoms with Gasteiger partial charge in [0.2, 0.25) is 0 Å². The van der Waals surface area contributed by atoms with Crippen LogP contribution in [0.3, 0.4) is 0 Å². The fraction of sp³-hybridized carbons (Fsp3) is 0.357. The van der Waals surface area contributed by atoms with Crippen molar-refractivity contribution in [2.24, 2.45) is 5.73 Å². The number of unbranched alkanes of at least 4 members (excludes halogenated alkanes) is 1. The van der Waals surface area contributed by atoms with Crippen molar-refractivity contribution >= 4 is 23.3 Å². The summed E-state index contributed by atoms with van der Waals surface area (Å²) in [7, 11) is 0. The third kappa shape index (κ3) is 5.64. The molecule has 0 saturated heterocycles. The lowest BCUT2D eigenvalue weighted by atomic mass is 10.2. The molecule has 4 nitrogen and oxygen atoms in total. The van der Waals surface area contributed by atoms with Crippen LogP contribution in [0, 0.1) is 11.8 Å². The number of nitrogens with one attached hydrogen (secondary N) is 2. The van der Waals surface area contributed by atoms with Gasteiger partial charge in [0, 0.05) is 12.1 Å². The minimum atomic E-state index is -0.265. The number of rotatable bonds is 4. The fourth-order valence-corrected chi connectivity index (χ4v) is 1.56. The van der Waals surface area contributed by atoms with Gasteiger partial charge in [0.1, 0.15) is 0 Å². The maximum absolute atomic E-state index is 11.6. The second kappa shape index (κ2) is 8.41. The maximum Gasteiger partial charge on any atom is 0.319 e. The van der Waals surface area contributed by atoms with Gasteiger partial charge in [-0.05, 0) is 24.6 Å². The molecule has 1 aromatic rings. The number of hydrogen-bond donors (Lipinski definition) is 3. The second-order valence-electron chi connectivity index (χ2n) is 3.93. The van der Waals surface area contributed by atoms with Gasteiger partial charge in [0.25, 0.3) is 0 Å². The van der Waals surface area contributed by atoms with Crippen molar-refractivity contribution < 1.29 is 4.79 Å². The summed E-state index contributed by atoms with van der Waals surface area (Å²) < 4.78 is 0. The number of urea groups is 1. The van der Waals surface area contributed by atoms with Gasteiger partial charge < -0.3 is 16.4 Å². The normalized spacial score (nSPS) is 9.42. The quantitative estimate of drug-likeness (QED) is 0.586. The molecule has 19 heavy (non-hydrogen) atoms. The lowest BCUT2D eigenvalue weighted by Crippen LogP contribution is -2.29. The molecule has 0 unspecified atom stereocenters. The van der Waals surface area contributed by atoms with Gasteiger partial charge in [-0.2, -0.15) is 0 Å². The topological polar surface area (TPSA) is 67.2 Å². The van der Waals surface area contributed by atoms with Crippen LogP contribution in [0.5, 0.6) is 0 Å². The number of carbonyl (C=O) groups is 1. The van der Waals surface area contributed by atoms with Crippen LogP contribution in [0.15, 0.2) is 18.2 Å². The molecule has 0 fully saturated rings. The number of hydrogen-bond acceptors (Lipinski definition) is 2. The summed E-state index contributed by atoms with van der Waals surface area (Å²) in [5.41, 5.74) is 6.62. The van der Waals surface area contributed by atoms with E-state index in [4.69, 9.17) is 17.3 Å². The first-order valence-electron chi connectivity index (χ1n) is 6.20. The Morgan fingerprint density at radius 3 is 2.95 bits per heavy atom. The van der Waals surface area contributed by atoms with E-state index in [1.165, 1.54) is 0 Å². The number of nitrogens with two attached hydrogens (primary N) is 1. The van der Waals surface area contributed by atoms with E-state index in [1.807, 2.05) is 0 Å². The molecule has 4 N–H and O–H groups in total. The van der Waals surface area contributed by atoms with Crippen LogP contribution < -0.4 is 16.4 Å². The molecule has 0 atom stereocenters. The molecule has 0 bridgehead atoms. The molecule has 5 heteroatoms. The van der Waals surface area contributed by atoms with Crippen LogP contribution >= 0.6 is 11.6 Å². The number of carbonyl (C=O) groups excluding carboxylic acids is 1. The number of halogens is 1. The Kier molecular flexibility index (Phi) is 6.80. The smallest absolute Gasteiger partial charge is 0.319 e. The van der Waals surface area contributed by atoms with Crippen LogP contribution in [0.1, 0.15) is 25.3 Å². The highest BCUT2D eigenvalue weighted by Gasteiger charge is 2.05. The first-order chi connectivity index (χ1) is 9.17. The first kappa shape index (κ1) is 15.4. The monoisotopic (exact) mass is 279 g/mol. The Hall–Kier alpha value is -1.70. The average molecular weight is 280 g/mol. The zero-order valence-electron chi connectivity index (χ0n) is 10.9. The Morgan fingerprint density at radius 1 is 1.47 bits per heavy atom. The predicted octanol–water partition coefficient (Wildman–Crippen LogP) is 2.57. The molecule has 0 radical (unpaired) electrons. The fourth-order valence-electron chi connectivity index (χ4n) is 1.40. The van der Waals surface area contributed by atoms with Crippen molar-refractivity contribution in [3.05, 3.63) is 28.8 Å². The highest BCUT2D eigenvalue weighted by Crippen LogP contribution is 2.22. The van der Waals surface area contributed by atoms with Gasteiger partial charge in [0.05, 0.1) is 17.3 Å². The maximum atomic E-state index is 11.6. The Morgan fingerprint density at radius 2 is 2.26 bits per heavy atom. The first-order valence-corrected chi connectivity index (χ1v) is 6.58. The SMILES string of the molecule is CCCCNC(=O)Nc1cc(C#CCN)ccc1Cl. The van der Waals surface area contributed by atoms with E-state index < -0.39 is 0 Å². The highest BCUT2D eigenvalue weighted by molar-refractivity contribution is 6.33. The summed E-state index contributed by atoms with van der Waals surface area (Å²) in [6.45, 7) is 3.01. The highest BCUT2D eigenvalue weighted by atomic mass is 35.5. The van der Waals surface area contributed by atoms with Gasteiger partial charge in [-0.25, -0.2) is 4.79 Å². The molecule has 0 spiro atoms. The van der Waals surface area contributed by atoms with E-state index in [1.54, 1.807) is 18.2 Å². The third-order valence-corrected chi connectivity index (χ3v) is 2.69. The average Bonchev–Trinajstić information content (AvgIpc) is 2.40. The Labute approximate surface area is 118 Å². The summed E-state index contributed by atoms with van der Waals surface area (Å²) in [6, 6.07) is 4.94. The largest absolute Gasteiger partial charge is 0.338 e. The lowest BCUT2D eigenvalue weighted by molar-refractivity contribution is 0.252. The standard InChI is InChI=1S/C14H18ClN3O/c1-2-3-9-17-14(19)18-13-10-11(5-4-8-16)6-7-12(13)15/h6-7,10H,2-3,8-9,16H2,1H3,(H2,17,18,19). The van der Waals surface area contributed by atoms with E-state index in [9.17, 15) is 4.79 Å². The molecular weight excluding hydrogens is 262 g/mol. The molecule has 2 amide bonds. The summed E-state index contributed by atoms with van der Waals surface area (Å²) >= 11 is 6.02. The van der Waals surface area contributed by atoms with Gasteiger partial charge >= 0.3 is 6.03 Å². The Bertz CT molecular complexity index is 491. The summed E-state index contributed by atoms with van der Waals surface area (Å²) in [5.74, 6) is 5.64. The van der Waals surface area contributed by atoms with Gasteiger partial charge in [-0.3, -0.25) is 0 Å². The van der Waals surface area contributed by atoms with Crippen molar-refractivity contribution in [2.45, 2.75) is 19.8 Å². The molecule has 0 heterocycles. The third-order valence-electron chi connectivity index (χ3n) is 2.37. The van der Waals surface area contributed by atoms with E-state index in [-0.39, 0.29) is 6.03 Å². The van der Waals surface area contributed by atoms with Crippen molar-refractivity contribution in [3.63, 3.8) is 0 Å². The molecular formula is C14H18ClN3O. The molecule has 0 aromatic heterocycles. The molecule has 1 aromatic carbocycles. The van der Waals surface area contributed by atoms with Crippen LogP contribution in [0.4, 0.5) is 10.5 Å². The lowest BCUT2D eigenvalue weighted by Gasteiger charge is -2.09. The van der Waals surface area contributed by atoms with Crippen LogP contribution in [0.25, 0.3) is 0 Å². The van der Waals surface area contributed by atoms with Crippen molar-refractivity contribution in [3.8, 4) is 11.8 Å². The zero-order chi connectivity index (χ0) is 14.1. The molecule has 1 rings (SSSR count). The van der Waals surface area contributed by atoms with Crippen molar-refractivity contribution in [1.29, 1.82) is 0 Å². The van der Waals surface area contributed by atoms with Crippen molar-refractivity contribution in [2.75, 3.05) is 18.4 Å². The molecule has 0 saturated carbocycles. The van der Waals surface area contributed by atoms with Gasteiger partial charge in [-0.15, -0.1) is 0 Å². The second-order valence-corrected chi connectivity index (χ2v) is 4.34. The Balaban J connectivity index is 2.68. The summed E-state index contributed by atoms with van der Waals surface area (Å²) in [4.78, 5) is 11.6. The van der Waals surface area contributed by atoms with Crippen molar-refractivity contribution in [1.82, 2.24) is 5.32 Å². The summed E-state index contributed by atoms with van der Waals surface area (Å²) in [6.07, 6.45) is 1.98. The molecule has 0 aliphatic rings. The predicted molar refractivity (Wildman–Crippen MR) is 79.3 cm³/mol. The van der Waals surface area contributed by atoms with Crippen LogP contribution in [-0.2, 0) is 0 Å². The zero-order valence-corrected chi connectivity index (χ0v) is 11.7. The van der Waals surface area contributed by atoms with Gasteiger partial charge in [-0.1, -0.05) is 36.8 Å². The van der Waals surface area contributed by atoms with Crippen LogP contribution in [0.2, 0.25) is 5.02 Å². The van der Waals surface area contributed by atoms with E-state index in [2.05, 4.69) is 29.4 Å².